The molecule has 0 fully saturated rings. The van der Waals surface area contributed by atoms with E-state index >= 15 is 0 Å². The summed E-state index contributed by atoms with van der Waals surface area (Å²) in [6.45, 7) is 11.2. The van der Waals surface area contributed by atoms with Crippen molar-refractivity contribution < 1.29 is 4.39 Å². The number of alkyl halides is 1. The zero-order chi connectivity index (χ0) is 12.6. The van der Waals surface area contributed by atoms with Crippen LogP contribution in [0.3, 0.4) is 0 Å². The van der Waals surface area contributed by atoms with Gasteiger partial charge in [0.05, 0.1) is 6.17 Å². The van der Waals surface area contributed by atoms with Gasteiger partial charge in [0, 0.05) is 0 Å². The van der Waals surface area contributed by atoms with Crippen LogP contribution in [-0.4, -0.2) is 6.17 Å². The van der Waals surface area contributed by atoms with Gasteiger partial charge in [0.25, 0.3) is 0 Å². The molecule has 0 aromatic carbocycles. The van der Waals surface area contributed by atoms with E-state index in [1.165, 1.54) is 19.3 Å². The van der Waals surface area contributed by atoms with Crippen LogP contribution < -0.4 is 0 Å². The first kappa shape index (κ1) is 15.9. The summed E-state index contributed by atoms with van der Waals surface area (Å²) in [6, 6.07) is 0. The molecule has 0 nitrogen and oxygen atoms in total. The van der Waals surface area contributed by atoms with E-state index in [1.807, 2.05) is 6.92 Å². The van der Waals surface area contributed by atoms with Crippen LogP contribution in [0.5, 0.6) is 0 Å². The van der Waals surface area contributed by atoms with Crippen LogP contribution in [-0.2, 0) is 0 Å². The van der Waals surface area contributed by atoms with Crippen LogP contribution in [0.25, 0.3) is 0 Å². The Morgan fingerprint density at radius 1 is 0.875 bits per heavy atom. The van der Waals surface area contributed by atoms with Gasteiger partial charge in [-0.2, -0.15) is 0 Å². The van der Waals surface area contributed by atoms with Gasteiger partial charge in [-0.05, 0) is 43.4 Å². The van der Waals surface area contributed by atoms with Crippen molar-refractivity contribution in [3.8, 4) is 0 Å². The summed E-state index contributed by atoms with van der Waals surface area (Å²) < 4.78 is 13.0. The third kappa shape index (κ3) is 9.18. The molecule has 0 amide bonds. The average Bonchev–Trinajstić information content (AvgIpc) is 2.15. The Morgan fingerprint density at radius 2 is 1.50 bits per heavy atom. The largest absolute Gasteiger partial charge is 0.248 e. The summed E-state index contributed by atoms with van der Waals surface area (Å²) in [4.78, 5) is 0. The second kappa shape index (κ2) is 9.01. The van der Waals surface area contributed by atoms with E-state index in [0.29, 0.717) is 6.42 Å². The molecule has 0 saturated heterocycles. The Morgan fingerprint density at radius 3 is 2.00 bits per heavy atom. The molecule has 0 aromatic heterocycles. The zero-order valence-corrected chi connectivity index (χ0v) is 11.9. The molecule has 3 unspecified atom stereocenters. The highest BCUT2D eigenvalue weighted by Crippen LogP contribution is 2.23. The summed E-state index contributed by atoms with van der Waals surface area (Å²) in [7, 11) is 0. The van der Waals surface area contributed by atoms with Crippen molar-refractivity contribution in [3.05, 3.63) is 0 Å². The van der Waals surface area contributed by atoms with Crippen molar-refractivity contribution >= 4 is 0 Å². The monoisotopic (exact) mass is 230 g/mol. The summed E-state index contributed by atoms with van der Waals surface area (Å²) >= 11 is 0. The van der Waals surface area contributed by atoms with Gasteiger partial charge >= 0.3 is 0 Å². The highest BCUT2D eigenvalue weighted by atomic mass is 19.1. The average molecular weight is 230 g/mol. The molecule has 0 heterocycles. The lowest BCUT2D eigenvalue weighted by Crippen LogP contribution is -2.07. The first-order chi connectivity index (χ1) is 7.45. The van der Waals surface area contributed by atoms with Crippen molar-refractivity contribution in [2.24, 2.45) is 17.8 Å². The normalized spacial score (nSPS) is 17.4. The fraction of sp³-hybridized carbons (Fsp3) is 1.00. The Labute approximate surface area is 102 Å². The van der Waals surface area contributed by atoms with Crippen LogP contribution in [0.1, 0.15) is 73.1 Å². The maximum absolute atomic E-state index is 13.0. The molecular formula is C15H31F. The van der Waals surface area contributed by atoms with Crippen molar-refractivity contribution in [2.45, 2.75) is 79.3 Å². The predicted molar refractivity (Wildman–Crippen MR) is 71.4 cm³/mol. The minimum atomic E-state index is -0.569. The topological polar surface area (TPSA) is 0 Å². The van der Waals surface area contributed by atoms with Crippen LogP contribution in [0.4, 0.5) is 4.39 Å². The van der Waals surface area contributed by atoms with Crippen LogP contribution >= 0.6 is 0 Å². The molecule has 0 aromatic rings. The molecule has 3 atom stereocenters. The third-order valence-corrected chi connectivity index (χ3v) is 3.34. The fourth-order valence-corrected chi connectivity index (χ4v) is 2.60. The highest BCUT2D eigenvalue weighted by Gasteiger charge is 2.11. The van der Waals surface area contributed by atoms with Gasteiger partial charge in [0.15, 0.2) is 0 Å². The molecule has 0 aliphatic rings. The van der Waals surface area contributed by atoms with E-state index in [4.69, 9.17) is 0 Å². The van der Waals surface area contributed by atoms with E-state index in [-0.39, 0.29) is 0 Å². The predicted octanol–water partition coefficient (Wildman–Crippen LogP) is 5.61. The summed E-state index contributed by atoms with van der Waals surface area (Å²) in [6.07, 6.45) is 5.76. The quantitative estimate of drug-likeness (QED) is 0.482. The fourth-order valence-electron chi connectivity index (χ4n) is 2.60. The standard InChI is InChI=1S/C15H31F/c1-6-15(16)9-7-8-13(4)11-14(5)10-12(2)3/h12-15H,6-11H2,1-5H3. The minimum Gasteiger partial charge on any atom is -0.248 e. The Kier molecular flexibility index (Phi) is 8.97. The van der Waals surface area contributed by atoms with Gasteiger partial charge in [-0.1, -0.05) is 47.5 Å². The second-order valence-electron chi connectivity index (χ2n) is 6.01. The molecule has 0 N–H and O–H groups in total. The first-order valence-electron chi connectivity index (χ1n) is 7.09. The lowest BCUT2D eigenvalue weighted by atomic mass is 9.88. The van der Waals surface area contributed by atoms with E-state index in [9.17, 15) is 4.39 Å². The second-order valence-corrected chi connectivity index (χ2v) is 6.01. The molecule has 0 rings (SSSR count). The number of halogens is 1. The van der Waals surface area contributed by atoms with Crippen molar-refractivity contribution in [2.75, 3.05) is 0 Å². The van der Waals surface area contributed by atoms with E-state index in [2.05, 4.69) is 27.7 Å². The smallest absolute Gasteiger partial charge is 0.0999 e. The molecule has 0 saturated carbocycles. The van der Waals surface area contributed by atoms with Gasteiger partial charge in [0.1, 0.15) is 0 Å². The van der Waals surface area contributed by atoms with Gasteiger partial charge < -0.3 is 0 Å². The molecule has 0 bridgehead atoms. The van der Waals surface area contributed by atoms with Gasteiger partial charge in [-0.15, -0.1) is 0 Å². The van der Waals surface area contributed by atoms with Gasteiger partial charge in [-0.3, -0.25) is 0 Å². The third-order valence-electron chi connectivity index (χ3n) is 3.34. The molecule has 98 valence electrons. The summed E-state index contributed by atoms with van der Waals surface area (Å²) in [5, 5.41) is 0. The minimum absolute atomic E-state index is 0.569. The van der Waals surface area contributed by atoms with E-state index < -0.39 is 6.17 Å². The van der Waals surface area contributed by atoms with Crippen molar-refractivity contribution in [1.29, 1.82) is 0 Å². The molecule has 0 radical (unpaired) electrons. The lowest BCUT2D eigenvalue weighted by Gasteiger charge is -2.19. The van der Waals surface area contributed by atoms with Crippen LogP contribution in [0, 0.1) is 17.8 Å². The van der Waals surface area contributed by atoms with E-state index in [0.717, 1.165) is 30.6 Å². The SMILES string of the molecule is CCC(F)CCCC(C)CC(C)CC(C)C. The lowest BCUT2D eigenvalue weighted by molar-refractivity contribution is 0.280. The van der Waals surface area contributed by atoms with Crippen molar-refractivity contribution in [3.63, 3.8) is 0 Å². The molecule has 1 heteroatoms. The summed E-state index contributed by atoms with van der Waals surface area (Å²) in [5.74, 6) is 2.39. The van der Waals surface area contributed by atoms with Gasteiger partial charge in [-0.25, -0.2) is 4.39 Å². The summed E-state index contributed by atoms with van der Waals surface area (Å²) in [5.41, 5.74) is 0. The molecule has 0 aliphatic carbocycles. The molecule has 0 aliphatic heterocycles. The van der Waals surface area contributed by atoms with E-state index in [1.54, 1.807) is 0 Å². The van der Waals surface area contributed by atoms with Crippen LogP contribution in [0.2, 0.25) is 0 Å². The Bertz CT molecular complexity index is 154. The molecule has 0 spiro atoms. The Balaban J connectivity index is 3.53. The van der Waals surface area contributed by atoms with Crippen LogP contribution in [0.15, 0.2) is 0 Å². The first-order valence-corrected chi connectivity index (χ1v) is 7.09. The maximum Gasteiger partial charge on any atom is 0.0999 e. The Hall–Kier alpha value is -0.0700. The number of hydrogen-bond donors (Lipinski definition) is 0. The van der Waals surface area contributed by atoms with Crippen molar-refractivity contribution in [1.82, 2.24) is 0 Å². The molecular weight excluding hydrogens is 199 g/mol. The van der Waals surface area contributed by atoms with Gasteiger partial charge in [0.2, 0.25) is 0 Å². The maximum atomic E-state index is 13.0. The highest BCUT2D eigenvalue weighted by molar-refractivity contribution is 4.63. The number of hydrogen-bond acceptors (Lipinski definition) is 0. The number of rotatable bonds is 9. The zero-order valence-electron chi connectivity index (χ0n) is 11.9. The molecule has 16 heavy (non-hydrogen) atoms.